The summed E-state index contributed by atoms with van der Waals surface area (Å²) >= 11 is 0. The summed E-state index contributed by atoms with van der Waals surface area (Å²) < 4.78 is 10.4. The van der Waals surface area contributed by atoms with Gasteiger partial charge in [0.05, 0.1) is 25.9 Å². The number of aliphatic carboxylic acids is 1. The lowest BCUT2D eigenvalue weighted by atomic mass is 10.1. The van der Waals surface area contributed by atoms with Crippen molar-refractivity contribution in [2.75, 3.05) is 19.8 Å². The summed E-state index contributed by atoms with van der Waals surface area (Å²) in [5.74, 6) is -0.968. The first-order chi connectivity index (χ1) is 5.70. The van der Waals surface area contributed by atoms with Crippen LogP contribution in [0.1, 0.15) is 6.42 Å². The highest BCUT2D eigenvalue weighted by Gasteiger charge is 2.17. The first kappa shape index (κ1) is 9.22. The molecule has 1 atom stereocenters. The van der Waals surface area contributed by atoms with Crippen LogP contribution in [0.2, 0.25) is 0 Å². The van der Waals surface area contributed by atoms with Crippen LogP contribution in [0.5, 0.6) is 0 Å². The van der Waals surface area contributed by atoms with E-state index in [1.807, 2.05) is 0 Å². The van der Waals surface area contributed by atoms with Gasteiger partial charge in [0, 0.05) is 12.0 Å². The van der Waals surface area contributed by atoms with E-state index in [1.165, 1.54) is 0 Å². The van der Waals surface area contributed by atoms with Crippen LogP contribution in [0.25, 0.3) is 0 Å². The third kappa shape index (κ3) is 2.64. The highest BCUT2D eigenvalue weighted by Crippen LogP contribution is 2.10. The summed E-state index contributed by atoms with van der Waals surface area (Å²) in [5.41, 5.74) is 0.172. The molecule has 1 saturated heterocycles. The molecule has 0 aliphatic carbocycles. The van der Waals surface area contributed by atoms with E-state index in [0.717, 1.165) is 0 Å². The molecule has 12 heavy (non-hydrogen) atoms. The van der Waals surface area contributed by atoms with Gasteiger partial charge >= 0.3 is 5.97 Å². The van der Waals surface area contributed by atoms with Crippen LogP contribution in [-0.4, -0.2) is 37.0 Å². The Morgan fingerprint density at radius 3 is 2.83 bits per heavy atom. The fraction of sp³-hybridized carbons (Fsp3) is 0.625. The minimum atomic E-state index is -0.968. The molecule has 1 aliphatic heterocycles. The van der Waals surface area contributed by atoms with Gasteiger partial charge in [-0.05, 0) is 0 Å². The smallest absolute Gasteiger partial charge is 0.331 e. The van der Waals surface area contributed by atoms with Crippen molar-refractivity contribution >= 4 is 5.97 Å². The molecule has 4 nitrogen and oxygen atoms in total. The van der Waals surface area contributed by atoms with Crippen molar-refractivity contribution in [3.63, 3.8) is 0 Å². The average molecular weight is 172 g/mol. The average Bonchev–Trinajstić information content (AvgIpc) is 2.06. The molecule has 1 N–H and O–H groups in total. The number of carboxylic acids is 1. The fourth-order valence-electron chi connectivity index (χ4n) is 1.02. The van der Waals surface area contributed by atoms with E-state index in [9.17, 15) is 4.79 Å². The molecule has 0 aromatic heterocycles. The molecule has 1 heterocycles. The number of carboxylic acid groups (broad SMARTS) is 1. The summed E-state index contributed by atoms with van der Waals surface area (Å²) in [5, 5.41) is 8.52. The lowest BCUT2D eigenvalue weighted by molar-refractivity contribution is -0.134. The molecule has 1 fully saturated rings. The van der Waals surface area contributed by atoms with E-state index < -0.39 is 5.97 Å². The number of ether oxygens (including phenoxy) is 2. The van der Waals surface area contributed by atoms with E-state index >= 15 is 0 Å². The standard InChI is InChI=1S/C8H12O4/c1-6(8(9)10)4-7-5-11-2-3-12-7/h7H,1-5H2,(H,9,10). The maximum absolute atomic E-state index is 10.4. The van der Waals surface area contributed by atoms with Crippen LogP contribution in [0.4, 0.5) is 0 Å². The molecule has 0 radical (unpaired) electrons. The molecule has 4 heteroatoms. The van der Waals surface area contributed by atoms with E-state index in [4.69, 9.17) is 14.6 Å². The highest BCUT2D eigenvalue weighted by atomic mass is 16.6. The molecule has 0 saturated carbocycles. The number of rotatable bonds is 3. The van der Waals surface area contributed by atoms with Crippen molar-refractivity contribution < 1.29 is 19.4 Å². The molecule has 1 unspecified atom stereocenters. The highest BCUT2D eigenvalue weighted by molar-refractivity contribution is 5.85. The van der Waals surface area contributed by atoms with E-state index in [1.54, 1.807) is 0 Å². The minimum absolute atomic E-state index is 0.137. The second-order valence-electron chi connectivity index (χ2n) is 2.68. The maximum atomic E-state index is 10.4. The van der Waals surface area contributed by atoms with Gasteiger partial charge in [0.15, 0.2) is 0 Å². The van der Waals surface area contributed by atoms with Crippen molar-refractivity contribution in [3.05, 3.63) is 12.2 Å². The lowest BCUT2D eigenvalue weighted by Gasteiger charge is -2.22. The summed E-state index contributed by atoms with van der Waals surface area (Å²) in [7, 11) is 0. The van der Waals surface area contributed by atoms with Gasteiger partial charge in [-0.2, -0.15) is 0 Å². The zero-order valence-corrected chi connectivity index (χ0v) is 6.78. The van der Waals surface area contributed by atoms with Gasteiger partial charge in [0.1, 0.15) is 0 Å². The fourth-order valence-corrected chi connectivity index (χ4v) is 1.02. The minimum Gasteiger partial charge on any atom is -0.478 e. The molecular weight excluding hydrogens is 160 g/mol. The Bertz CT molecular complexity index is 181. The zero-order valence-electron chi connectivity index (χ0n) is 6.78. The third-order valence-corrected chi connectivity index (χ3v) is 1.66. The third-order valence-electron chi connectivity index (χ3n) is 1.66. The van der Waals surface area contributed by atoms with Crippen molar-refractivity contribution in [2.45, 2.75) is 12.5 Å². The molecule has 0 bridgehead atoms. The van der Waals surface area contributed by atoms with Crippen LogP contribution in [0, 0.1) is 0 Å². The summed E-state index contributed by atoms with van der Waals surface area (Å²) in [4.78, 5) is 10.4. The van der Waals surface area contributed by atoms with Crippen LogP contribution in [0.15, 0.2) is 12.2 Å². The molecule has 1 aliphatic rings. The molecule has 1 rings (SSSR count). The Morgan fingerprint density at radius 1 is 1.58 bits per heavy atom. The number of carbonyl (C=O) groups is 1. The van der Waals surface area contributed by atoms with Crippen LogP contribution in [0.3, 0.4) is 0 Å². The molecule has 0 amide bonds. The first-order valence-corrected chi connectivity index (χ1v) is 3.80. The number of hydrogen-bond acceptors (Lipinski definition) is 3. The van der Waals surface area contributed by atoms with Gasteiger partial charge in [0.25, 0.3) is 0 Å². The monoisotopic (exact) mass is 172 g/mol. The Morgan fingerprint density at radius 2 is 2.33 bits per heavy atom. The normalized spacial score (nSPS) is 23.5. The zero-order chi connectivity index (χ0) is 8.97. The summed E-state index contributed by atoms with van der Waals surface area (Å²) in [6.45, 7) is 5.01. The molecule has 0 spiro atoms. The van der Waals surface area contributed by atoms with E-state index in [-0.39, 0.29) is 11.7 Å². The molecule has 0 aromatic carbocycles. The van der Waals surface area contributed by atoms with Crippen LogP contribution < -0.4 is 0 Å². The van der Waals surface area contributed by atoms with Crippen LogP contribution >= 0.6 is 0 Å². The topological polar surface area (TPSA) is 55.8 Å². The second-order valence-corrected chi connectivity index (χ2v) is 2.68. The van der Waals surface area contributed by atoms with Gasteiger partial charge in [-0.3, -0.25) is 0 Å². The first-order valence-electron chi connectivity index (χ1n) is 3.80. The Kier molecular flexibility index (Phi) is 3.25. The number of hydrogen-bond donors (Lipinski definition) is 1. The Balaban J connectivity index is 2.29. The summed E-state index contributed by atoms with van der Waals surface area (Å²) in [6.07, 6.45) is 0.206. The van der Waals surface area contributed by atoms with Crippen molar-refractivity contribution in [1.29, 1.82) is 0 Å². The quantitative estimate of drug-likeness (QED) is 0.627. The lowest BCUT2D eigenvalue weighted by Crippen LogP contribution is -2.29. The predicted molar refractivity (Wildman–Crippen MR) is 42.0 cm³/mol. The maximum Gasteiger partial charge on any atom is 0.331 e. The van der Waals surface area contributed by atoms with Crippen molar-refractivity contribution in [3.8, 4) is 0 Å². The van der Waals surface area contributed by atoms with Gasteiger partial charge < -0.3 is 14.6 Å². The van der Waals surface area contributed by atoms with E-state index in [0.29, 0.717) is 26.2 Å². The summed E-state index contributed by atoms with van der Waals surface area (Å²) in [6, 6.07) is 0. The Hall–Kier alpha value is -0.870. The molecule has 0 aromatic rings. The van der Waals surface area contributed by atoms with Gasteiger partial charge in [-0.25, -0.2) is 4.79 Å². The Labute approximate surface area is 70.8 Å². The van der Waals surface area contributed by atoms with Crippen LogP contribution in [-0.2, 0) is 14.3 Å². The molecule has 68 valence electrons. The second kappa shape index (κ2) is 4.23. The van der Waals surface area contributed by atoms with Crippen molar-refractivity contribution in [2.24, 2.45) is 0 Å². The largest absolute Gasteiger partial charge is 0.478 e. The van der Waals surface area contributed by atoms with Gasteiger partial charge in [-0.15, -0.1) is 0 Å². The van der Waals surface area contributed by atoms with Crippen molar-refractivity contribution in [1.82, 2.24) is 0 Å². The molecular formula is C8H12O4. The van der Waals surface area contributed by atoms with Gasteiger partial charge in [-0.1, -0.05) is 6.58 Å². The van der Waals surface area contributed by atoms with E-state index in [2.05, 4.69) is 6.58 Å². The van der Waals surface area contributed by atoms with Gasteiger partial charge in [0.2, 0.25) is 0 Å². The predicted octanol–water partition coefficient (Wildman–Crippen LogP) is 0.433. The SMILES string of the molecule is C=C(CC1COCCO1)C(=O)O.